The van der Waals surface area contributed by atoms with Gasteiger partial charge in [-0.15, -0.1) is 0 Å². The zero-order chi connectivity index (χ0) is 11.8. The van der Waals surface area contributed by atoms with Gasteiger partial charge in [-0.05, 0) is 26.2 Å². The lowest BCUT2D eigenvalue weighted by atomic mass is 10.0. The third-order valence-corrected chi connectivity index (χ3v) is 3.41. The summed E-state index contributed by atoms with van der Waals surface area (Å²) in [5.74, 6) is 0.0717. The predicted molar refractivity (Wildman–Crippen MR) is 59.7 cm³/mol. The van der Waals surface area contributed by atoms with Crippen LogP contribution in [0.3, 0.4) is 0 Å². The fourth-order valence-electron chi connectivity index (χ4n) is 2.49. The van der Waals surface area contributed by atoms with Gasteiger partial charge in [0.15, 0.2) is 5.76 Å². The maximum absolute atomic E-state index is 11.9. The third-order valence-electron chi connectivity index (χ3n) is 3.41. The van der Waals surface area contributed by atoms with Crippen LogP contribution in [-0.4, -0.2) is 41.6 Å². The molecule has 2 aliphatic rings. The van der Waals surface area contributed by atoms with Crippen molar-refractivity contribution in [3.05, 3.63) is 11.5 Å². The van der Waals surface area contributed by atoms with Crippen LogP contribution < -0.4 is 0 Å². The minimum atomic E-state index is -1.28. The molecule has 1 saturated heterocycles. The first kappa shape index (κ1) is 11.5. The molecule has 4 heteroatoms. The van der Waals surface area contributed by atoms with Gasteiger partial charge in [-0.2, -0.15) is 0 Å². The quantitative estimate of drug-likeness (QED) is 0.763. The van der Waals surface area contributed by atoms with Gasteiger partial charge in [0.1, 0.15) is 5.60 Å². The summed E-state index contributed by atoms with van der Waals surface area (Å²) in [5.41, 5.74) is -0.393. The van der Waals surface area contributed by atoms with Crippen molar-refractivity contribution in [1.82, 2.24) is 4.90 Å². The zero-order valence-corrected chi connectivity index (χ0v) is 9.95. The normalized spacial score (nSPS) is 31.2. The molecule has 0 bridgehead atoms. The van der Waals surface area contributed by atoms with E-state index in [9.17, 15) is 9.90 Å². The van der Waals surface area contributed by atoms with Crippen LogP contribution in [0.5, 0.6) is 0 Å². The lowest BCUT2D eigenvalue weighted by molar-refractivity contribution is -0.132. The van der Waals surface area contributed by atoms with Crippen molar-refractivity contribution in [2.45, 2.75) is 38.2 Å². The number of hydrogen-bond acceptors (Lipinski definition) is 4. The van der Waals surface area contributed by atoms with Gasteiger partial charge in [0, 0.05) is 19.5 Å². The van der Waals surface area contributed by atoms with Gasteiger partial charge in [0.2, 0.25) is 5.78 Å². The van der Waals surface area contributed by atoms with E-state index in [2.05, 4.69) is 4.90 Å². The number of ether oxygens (including phenoxy) is 1. The number of nitrogens with zero attached hydrogens (tertiary/aromatic N) is 1. The van der Waals surface area contributed by atoms with Gasteiger partial charge in [-0.3, -0.25) is 4.79 Å². The predicted octanol–water partition coefficient (Wildman–Crippen LogP) is 1.05. The molecule has 4 nitrogen and oxygen atoms in total. The molecule has 0 saturated carbocycles. The molecule has 1 fully saturated rings. The number of hydrogen-bond donors (Lipinski definition) is 1. The van der Waals surface area contributed by atoms with Crippen molar-refractivity contribution >= 4 is 5.78 Å². The second-order valence-electron chi connectivity index (χ2n) is 4.81. The molecule has 0 spiro atoms. The van der Waals surface area contributed by atoms with E-state index in [1.54, 1.807) is 6.92 Å². The Balaban J connectivity index is 2.24. The summed E-state index contributed by atoms with van der Waals surface area (Å²) >= 11 is 0. The van der Waals surface area contributed by atoms with Crippen molar-refractivity contribution in [1.29, 1.82) is 0 Å². The Hall–Kier alpha value is -1.03. The van der Waals surface area contributed by atoms with Gasteiger partial charge >= 0.3 is 0 Å². The van der Waals surface area contributed by atoms with Crippen LogP contribution >= 0.6 is 0 Å². The van der Waals surface area contributed by atoms with Crippen LogP contribution in [0, 0.1) is 0 Å². The lowest BCUT2D eigenvalue weighted by Crippen LogP contribution is -2.33. The number of carbonyl (C=O) groups excluding carboxylic acids is 1. The van der Waals surface area contributed by atoms with Crippen LogP contribution in [-0.2, 0) is 9.53 Å². The van der Waals surface area contributed by atoms with Crippen molar-refractivity contribution in [2.75, 3.05) is 20.2 Å². The van der Waals surface area contributed by atoms with Crippen LogP contribution in [0.2, 0.25) is 0 Å². The largest absolute Gasteiger partial charge is 0.491 e. The van der Waals surface area contributed by atoms with Crippen LogP contribution in [0.15, 0.2) is 11.5 Å². The van der Waals surface area contributed by atoms with Crippen LogP contribution in [0.4, 0.5) is 0 Å². The Bertz CT molecular complexity index is 327. The Labute approximate surface area is 95.9 Å². The highest BCUT2D eigenvalue weighted by Crippen LogP contribution is 2.35. The molecule has 0 radical (unpaired) electrons. The molecule has 1 atom stereocenters. The van der Waals surface area contributed by atoms with Gasteiger partial charge in [0.05, 0.1) is 12.8 Å². The molecule has 0 aromatic rings. The van der Waals surface area contributed by atoms with Gasteiger partial charge in [-0.1, -0.05) is 0 Å². The molecular formula is C12H19NO3. The van der Waals surface area contributed by atoms with Crippen LogP contribution in [0.1, 0.15) is 32.6 Å². The van der Waals surface area contributed by atoms with Crippen molar-refractivity contribution < 1.29 is 14.6 Å². The molecule has 90 valence electrons. The van der Waals surface area contributed by atoms with Crippen LogP contribution in [0.25, 0.3) is 0 Å². The molecule has 2 rings (SSSR count). The number of piperidine rings is 1. The Kier molecular flexibility index (Phi) is 2.93. The Morgan fingerprint density at radius 2 is 1.94 bits per heavy atom. The maximum Gasteiger partial charge on any atom is 0.230 e. The maximum atomic E-state index is 11.9. The summed E-state index contributed by atoms with van der Waals surface area (Å²) in [7, 11) is 1.50. The highest BCUT2D eigenvalue weighted by molar-refractivity contribution is 6.03. The Morgan fingerprint density at radius 3 is 2.50 bits per heavy atom. The molecule has 16 heavy (non-hydrogen) atoms. The number of likely N-dealkylation sites (tertiary alicyclic amines) is 1. The first-order valence-corrected chi connectivity index (χ1v) is 5.85. The second kappa shape index (κ2) is 4.09. The molecule has 0 amide bonds. The summed E-state index contributed by atoms with van der Waals surface area (Å²) in [4.78, 5) is 14.0. The highest BCUT2D eigenvalue weighted by Gasteiger charge is 2.44. The second-order valence-corrected chi connectivity index (χ2v) is 4.81. The van der Waals surface area contributed by atoms with Crippen molar-refractivity contribution in [2.24, 2.45) is 0 Å². The number of methoxy groups -OCH3 is 1. The summed E-state index contributed by atoms with van der Waals surface area (Å²) in [6, 6.07) is 0. The lowest BCUT2D eigenvalue weighted by Gasteiger charge is -2.30. The average molecular weight is 225 g/mol. The van der Waals surface area contributed by atoms with E-state index in [4.69, 9.17) is 4.74 Å². The minimum Gasteiger partial charge on any atom is -0.491 e. The molecule has 1 N–H and O–H groups in total. The number of Topliss-reactive ketones (excluding diaryl/α,β-unsaturated/α-hetero) is 1. The van der Waals surface area contributed by atoms with E-state index in [-0.39, 0.29) is 5.78 Å². The van der Waals surface area contributed by atoms with E-state index >= 15 is 0 Å². The minimum absolute atomic E-state index is 0.282. The summed E-state index contributed by atoms with van der Waals surface area (Å²) < 4.78 is 5.15. The van der Waals surface area contributed by atoms with E-state index < -0.39 is 5.60 Å². The standard InChI is InChI=1S/C12H19NO3/c1-12(15)8-9(10(16-2)11(12)14)13-6-4-3-5-7-13/h15H,3-8H2,1-2H3. The van der Waals surface area contributed by atoms with E-state index in [0.29, 0.717) is 12.2 Å². The molecule has 0 aromatic carbocycles. The fourth-order valence-corrected chi connectivity index (χ4v) is 2.49. The third kappa shape index (κ3) is 1.82. The van der Waals surface area contributed by atoms with Gasteiger partial charge in [0.25, 0.3) is 0 Å². The SMILES string of the molecule is COC1=C(N2CCCCC2)CC(C)(O)C1=O. The number of rotatable bonds is 2. The number of aliphatic hydroxyl groups is 1. The molecule has 1 aliphatic heterocycles. The van der Waals surface area contributed by atoms with Gasteiger partial charge in [-0.25, -0.2) is 0 Å². The average Bonchev–Trinajstić information content (AvgIpc) is 2.52. The molecule has 1 heterocycles. The van der Waals surface area contributed by atoms with Crippen molar-refractivity contribution in [3.63, 3.8) is 0 Å². The molecule has 1 unspecified atom stereocenters. The molecular weight excluding hydrogens is 206 g/mol. The first-order valence-electron chi connectivity index (χ1n) is 5.85. The zero-order valence-electron chi connectivity index (χ0n) is 9.95. The summed E-state index contributed by atoms with van der Waals surface area (Å²) in [6.45, 7) is 3.49. The van der Waals surface area contributed by atoms with E-state index in [0.717, 1.165) is 31.6 Å². The fraction of sp³-hybridized carbons (Fsp3) is 0.750. The monoisotopic (exact) mass is 225 g/mol. The van der Waals surface area contributed by atoms with Gasteiger partial charge < -0.3 is 14.7 Å². The molecule has 1 aliphatic carbocycles. The van der Waals surface area contributed by atoms with E-state index in [1.807, 2.05) is 0 Å². The summed E-state index contributed by atoms with van der Waals surface area (Å²) in [5, 5.41) is 9.97. The van der Waals surface area contributed by atoms with E-state index in [1.165, 1.54) is 13.5 Å². The number of carbonyl (C=O) groups is 1. The highest BCUT2D eigenvalue weighted by atomic mass is 16.5. The topological polar surface area (TPSA) is 49.8 Å². The number of ketones is 1. The van der Waals surface area contributed by atoms with Crippen molar-refractivity contribution in [3.8, 4) is 0 Å². The summed E-state index contributed by atoms with van der Waals surface area (Å²) in [6.07, 6.45) is 3.93. The smallest absolute Gasteiger partial charge is 0.230 e. The first-order chi connectivity index (χ1) is 7.56. The molecule has 0 aromatic heterocycles. The Morgan fingerprint density at radius 1 is 1.31 bits per heavy atom.